The second-order valence-electron chi connectivity index (χ2n) is 3.22. The number of hydrogen-bond acceptors (Lipinski definition) is 3. The lowest BCUT2D eigenvalue weighted by Crippen LogP contribution is -2.16. The van der Waals surface area contributed by atoms with Crippen molar-refractivity contribution in [2.24, 2.45) is 4.99 Å². The van der Waals surface area contributed by atoms with E-state index in [0.717, 1.165) is 17.3 Å². The summed E-state index contributed by atoms with van der Waals surface area (Å²) >= 11 is 0. The molecule has 3 aliphatic rings. The summed E-state index contributed by atoms with van der Waals surface area (Å²) in [5, 5.41) is 0. The summed E-state index contributed by atoms with van der Waals surface area (Å²) in [6.07, 6.45) is 15.4. The molecule has 76 valence electrons. The minimum Gasteiger partial charge on any atom is -0.562 e. The number of aliphatic imine (C=N–C) groups is 1. The van der Waals surface area contributed by atoms with Crippen LogP contribution in [0.3, 0.4) is 0 Å². The highest BCUT2D eigenvalue weighted by molar-refractivity contribution is 5.75. The predicted molar refractivity (Wildman–Crippen MR) is 58.8 cm³/mol. The van der Waals surface area contributed by atoms with Gasteiger partial charge in [0.25, 0.3) is 0 Å². The lowest BCUT2D eigenvalue weighted by Gasteiger charge is -2.40. The van der Waals surface area contributed by atoms with Gasteiger partial charge in [0.15, 0.2) is 0 Å². The van der Waals surface area contributed by atoms with Crippen molar-refractivity contribution in [2.45, 2.75) is 0 Å². The minimum absolute atomic E-state index is 0.885. The Morgan fingerprint density at radius 2 is 2.40 bits per heavy atom. The standard InChI is InChI=1S/C11H9N4/c1-3-7-12-9(5-1)11-14-13-10-6-2-4-8-15(10)11/h1-8,14H/q-3. The average molecular weight is 197 g/mol. The highest BCUT2D eigenvalue weighted by Crippen LogP contribution is 2.30. The quantitative estimate of drug-likeness (QED) is 0.601. The van der Waals surface area contributed by atoms with Crippen LogP contribution >= 0.6 is 0 Å². The molecule has 3 heterocycles. The molecule has 0 bridgehead atoms. The van der Waals surface area contributed by atoms with Crippen LogP contribution in [0, 0.1) is 12.8 Å². The van der Waals surface area contributed by atoms with E-state index in [1.807, 2.05) is 48.2 Å². The van der Waals surface area contributed by atoms with E-state index in [9.17, 15) is 0 Å². The molecule has 1 fully saturated rings. The molecule has 4 nitrogen and oxygen atoms in total. The first-order chi connectivity index (χ1) is 7.45. The number of dihydropyridines is 1. The maximum absolute atomic E-state index is 4.28. The summed E-state index contributed by atoms with van der Waals surface area (Å²) in [6.45, 7) is 0. The molecule has 0 aromatic heterocycles. The molecule has 1 N–H and O–H groups in total. The van der Waals surface area contributed by atoms with Crippen LogP contribution in [0.15, 0.2) is 52.8 Å². The minimum atomic E-state index is 0.885. The molecule has 0 spiro atoms. The summed E-state index contributed by atoms with van der Waals surface area (Å²) in [7, 11) is 0. The number of hydrogen-bond donors (Lipinski definition) is 1. The van der Waals surface area contributed by atoms with Crippen LogP contribution in [0.1, 0.15) is 0 Å². The van der Waals surface area contributed by atoms with E-state index in [2.05, 4.69) is 15.8 Å². The Balaban J connectivity index is 1.97. The van der Waals surface area contributed by atoms with Crippen molar-refractivity contribution in [1.82, 2.24) is 10.3 Å². The van der Waals surface area contributed by atoms with Gasteiger partial charge in [-0.3, -0.25) is 4.99 Å². The van der Waals surface area contributed by atoms with Crippen LogP contribution < -0.4 is 5.43 Å². The van der Waals surface area contributed by atoms with E-state index in [4.69, 9.17) is 0 Å². The Morgan fingerprint density at radius 3 is 3.27 bits per heavy atom. The normalized spacial score (nSPS) is 26.1. The first-order valence-electron chi connectivity index (χ1n) is 4.71. The van der Waals surface area contributed by atoms with Gasteiger partial charge in [-0.05, 0) is 11.9 Å². The molecule has 0 unspecified atom stereocenters. The zero-order chi connectivity index (χ0) is 10.1. The Hall–Kier alpha value is -2.23. The zero-order valence-corrected chi connectivity index (χ0v) is 7.96. The molecule has 0 atom stereocenters. The Bertz CT molecular complexity index is 426. The fourth-order valence-corrected chi connectivity index (χ4v) is 1.56. The summed E-state index contributed by atoms with van der Waals surface area (Å²) in [6, 6.07) is 0. The molecule has 0 aliphatic carbocycles. The van der Waals surface area contributed by atoms with Crippen LogP contribution in [0.4, 0.5) is 0 Å². The van der Waals surface area contributed by atoms with Gasteiger partial charge in [0.1, 0.15) is 0 Å². The molecule has 0 amide bonds. The Morgan fingerprint density at radius 1 is 1.40 bits per heavy atom. The van der Waals surface area contributed by atoms with Crippen molar-refractivity contribution in [3.8, 4) is 0 Å². The van der Waals surface area contributed by atoms with Crippen molar-refractivity contribution in [3.05, 3.63) is 66.1 Å². The van der Waals surface area contributed by atoms with Crippen LogP contribution in [0.5, 0.6) is 0 Å². The third kappa shape index (κ3) is 1.27. The van der Waals surface area contributed by atoms with Gasteiger partial charge in [0, 0.05) is 0 Å². The molecule has 0 saturated carbocycles. The first kappa shape index (κ1) is 8.11. The monoisotopic (exact) mass is 197 g/mol. The fraction of sp³-hybridized carbons (Fsp3) is 0. The van der Waals surface area contributed by atoms with Crippen molar-refractivity contribution in [1.29, 1.82) is 0 Å². The zero-order valence-electron chi connectivity index (χ0n) is 7.96. The van der Waals surface area contributed by atoms with Gasteiger partial charge in [-0.15, -0.1) is 12.5 Å². The van der Waals surface area contributed by atoms with Gasteiger partial charge in [-0.1, -0.05) is 5.82 Å². The Labute approximate surface area is 88.3 Å². The molecule has 0 radical (unpaired) electrons. The van der Waals surface area contributed by atoms with Crippen molar-refractivity contribution in [2.75, 3.05) is 0 Å². The highest BCUT2D eigenvalue weighted by atomic mass is 15.6. The van der Waals surface area contributed by atoms with E-state index >= 15 is 0 Å². The number of allylic oxidation sites excluding steroid dienone is 4. The fourth-order valence-electron chi connectivity index (χ4n) is 1.56. The smallest absolute Gasteiger partial charge is 0.0290 e. The maximum atomic E-state index is 4.28. The van der Waals surface area contributed by atoms with E-state index < -0.39 is 0 Å². The van der Waals surface area contributed by atoms with Crippen molar-refractivity contribution < 1.29 is 0 Å². The van der Waals surface area contributed by atoms with Gasteiger partial charge in [0.2, 0.25) is 0 Å². The lowest BCUT2D eigenvalue weighted by molar-refractivity contribution is 0.597. The second-order valence-corrected chi connectivity index (χ2v) is 3.22. The Kier molecular flexibility index (Phi) is 1.71. The molecule has 3 rings (SSSR count). The summed E-state index contributed by atoms with van der Waals surface area (Å²) in [5.41, 5.74) is 8.06. The SMILES string of the molecule is C1=C[CH-]C(=C2N[N-]C3=C[CH-]C=CN32)N=C1. The molecule has 1 saturated heterocycles. The van der Waals surface area contributed by atoms with Crippen molar-refractivity contribution >= 4 is 6.21 Å². The first-order valence-corrected chi connectivity index (χ1v) is 4.71. The third-order valence-corrected chi connectivity index (χ3v) is 2.26. The van der Waals surface area contributed by atoms with E-state index in [1.165, 1.54) is 0 Å². The van der Waals surface area contributed by atoms with Gasteiger partial charge in [-0.2, -0.15) is 36.7 Å². The van der Waals surface area contributed by atoms with E-state index in [0.29, 0.717) is 0 Å². The van der Waals surface area contributed by atoms with Gasteiger partial charge >= 0.3 is 0 Å². The summed E-state index contributed by atoms with van der Waals surface area (Å²) < 4.78 is 0. The van der Waals surface area contributed by atoms with Gasteiger partial charge < -0.3 is 15.8 Å². The third-order valence-electron chi connectivity index (χ3n) is 2.26. The maximum Gasteiger partial charge on any atom is -0.0290 e. The largest absolute Gasteiger partial charge is 0.562 e. The highest BCUT2D eigenvalue weighted by Gasteiger charge is 2.03. The predicted octanol–water partition coefficient (Wildman–Crippen LogP) is 1.77. The van der Waals surface area contributed by atoms with Crippen LogP contribution in [0.2, 0.25) is 0 Å². The molecule has 15 heavy (non-hydrogen) atoms. The molecule has 3 aliphatic heterocycles. The summed E-state index contributed by atoms with van der Waals surface area (Å²) in [4.78, 5) is 6.25. The molecular weight excluding hydrogens is 188 g/mol. The average Bonchev–Trinajstić information content (AvgIpc) is 2.74. The van der Waals surface area contributed by atoms with E-state index in [-0.39, 0.29) is 0 Å². The number of nitrogens with zero attached hydrogens (tertiary/aromatic N) is 3. The molecule has 0 aromatic carbocycles. The second kappa shape index (κ2) is 3.16. The van der Waals surface area contributed by atoms with Crippen LogP contribution in [0.25, 0.3) is 5.43 Å². The lowest BCUT2D eigenvalue weighted by atomic mass is 10.2. The molecular formula is C11H9N4-3. The number of rotatable bonds is 0. The van der Waals surface area contributed by atoms with Crippen molar-refractivity contribution in [3.63, 3.8) is 0 Å². The van der Waals surface area contributed by atoms with Gasteiger partial charge in [0.05, 0.1) is 0 Å². The van der Waals surface area contributed by atoms with Gasteiger partial charge in [-0.25, -0.2) is 0 Å². The summed E-state index contributed by atoms with van der Waals surface area (Å²) in [5.74, 6) is 1.78. The van der Waals surface area contributed by atoms with Crippen LogP contribution in [-0.2, 0) is 0 Å². The number of nitrogens with one attached hydrogen (secondary N) is 1. The van der Waals surface area contributed by atoms with E-state index in [1.54, 1.807) is 6.21 Å². The molecule has 4 heteroatoms. The van der Waals surface area contributed by atoms with Crippen LogP contribution in [-0.4, -0.2) is 11.1 Å². The topological polar surface area (TPSA) is 41.7 Å². The number of fused-ring (bicyclic) bond motifs is 1. The molecule has 0 aromatic rings.